The number of hydrogen-bond acceptors (Lipinski definition) is 2. The van der Waals surface area contributed by atoms with E-state index in [0.717, 1.165) is 45.4 Å². The lowest BCUT2D eigenvalue weighted by Gasteiger charge is -2.20. The molecule has 0 saturated heterocycles. The molecule has 0 heterocycles. The van der Waals surface area contributed by atoms with Crippen LogP contribution in [0.25, 0.3) is 0 Å². The van der Waals surface area contributed by atoms with Crippen LogP contribution in [0, 0.1) is 0 Å². The first-order chi connectivity index (χ1) is 8.26. The molecule has 4 nitrogen and oxygen atoms in total. The molecule has 0 radical (unpaired) electrons. The monoisotopic (exact) mass is 239 g/mol. The maximum Gasteiger partial charge on any atom is 0.315 e. The van der Waals surface area contributed by atoms with Gasteiger partial charge < -0.3 is 15.5 Å². The minimum absolute atomic E-state index is 0.0359. The molecule has 0 fully saturated rings. The highest BCUT2D eigenvalue weighted by Gasteiger charge is 2.12. The van der Waals surface area contributed by atoms with Crippen LogP contribution in [0.4, 0.5) is 4.79 Å². The van der Waals surface area contributed by atoms with Gasteiger partial charge in [0.15, 0.2) is 0 Å². The van der Waals surface area contributed by atoms with Crippen molar-refractivity contribution in [2.75, 3.05) is 26.2 Å². The second-order valence-electron chi connectivity index (χ2n) is 4.47. The molecular formula is C13H25N3O. The molecule has 1 aliphatic carbocycles. The summed E-state index contributed by atoms with van der Waals surface area (Å²) in [5.41, 5.74) is 0. The Morgan fingerprint density at radius 1 is 1.29 bits per heavy atom. The standard InChI is InChI=1S/C13H25N3O/c1-3-10-16(4-2)11-9-14-13(17)15-12-7-5-6-8-12/h5-6,12H,3-4,7-11H2,1-2H3,(H2,14,15,17). The summed E-state index contributed by atoms with van der Waals surface area (Å²) in [4.78, 5) is 13.9. The Morgan fingerprint density at radius 2 is 2.00 bits per heavy atom. The van der Waals surface area contributed by atoms with Gasteiger partial charge in [-0.1, -0.05) is 26.0 Å². The van der Waals surface area contributed by atoms with Crippen LogP contribution < -0.4 is 10.6 Å². The molecule has 17 heavy (non-hydrogen) atoms. The van der Waals surface area contributed by atoms with Crippen molar-refractivity contribution in [3.8, 4) is 0 Å². The zero-order valence-electron chi connectivity index (χ0n) is 11.0. The van der Waals surface area contributed by atoms with Crippen LogP contribution in [-0.2, 0) is 0 Å². The first-order valence-corrected chi connectivity index (χ1v) is 6.68. The van der Waals surface area contributed by atoms with Gasteiger partial charge in [-0.05, 0) is 32.4 Å². The number of urea groups is 1. The molecule has 98 valence electrons. The SMILES string of the molecule is CCCN(CC)CCNC(=O)NC1CC=CC1. The fourth-order valence-electron chi connectivity index (χ4n) is 2.04. The normalized spacial score (nSPS) is 15.5. The van der Waals surface area contributed by atoms with Gasteiger partial charge in [-0.15, -0.1) is 0 Å². The van der Waals surface area contributed by atoms with Crippen LogP contribution in [0.15, 0.2) is 12.2 Å². The summed E-state index contributed by atoms with van der Waals surface area (Å²) in [5, 5.41) is 5.88. The maximum absolute atomic E-state index is 11.6. The summed E-state index contributed by atoms with van der Waals surface area (Å²) in [5.74, 6) is 0. The van der Waals surface area contributed by atoms with Crippen LogP contribution in [0.3, 0.4) is 0 Å². The van der Waals surface area contributed by atoms with E-state index in [0.29, 0.717) is 6.04 Å². The van der Waals surface area contributed by atoms with Gasteiger partial charge in [-0.3, -0.25) is 0 Å². The molecule has 0 spiro atoms. The van der Waals surface area contributed by atoms with Gasteiger partial charge in [0.2, 0.25) is 0 Å². The fraction of sp³-hybridized carbons (Fsp3) is 0.769. The van der Waals surface area contributed by atoms with Gasteiger partial charge in [-0.2, -0.15) is 0 Å². The molecule has 0 aromatic rings. The number of rotatable bonds is 7. The van der Waals surface area contributed by atoms with Crippen molar-refractivity contribution in [1.29, 1.82) is 0 Å². The van der Waals surface area contributed by atoms with Crippen LogP contribution in [0.1, 0.15) is 33.1 Å². The number of nitrogens with zero attached hydrogens (tertiary/aromatic N) is 1. The molecule has 0 unspecified atom stereocenters. The number of carbonyl (C=O) groups is 1. The van der Waals surface area contributed by atoms with Crippen molar-refractivity contribution in [3.05, 3.63) is 12.2 Å². The minimum atomic E-state index is -0.0359. The van der Waals surface area contributed by atoms with E-state index in [4.69, 9.17) is 0 Å². The summed E-state index contributed by atoms with van der Waals surface area (Å²) >= 11 is 0. The fourth-order valence-corrected chi connectivity index (χ4v) is 2.04. The molecule has 0 aromatic carbocycles. The number of carbonyl (C=O) groups excluding carboxylic acids is 1. The third-order valence-electron chi connectivity index (χ3n) is 3.04. The maximum atomic E-state index is 11.6. The van der Waals surface area contributed by atoms with E-state index in [1.807, 2.05) is 0 Å². The Kier molecular flexibility index (Phi) is 6.70. The van der Waals surface area contributed by atoms with E-state index in [-0.39, 0.29) is 6.03 Å². The highest BCUT2D eigenvalue weighted by Crippen LogP contribution is 2.08. The topological polar surface area (TPSA) is 44.4 Å². The van der Waals surface area contributed by atoms with Crippen molar-refractivity contribution in [3.63, 3.8) is 0 Å². The molecule has 1 aliphatic rings. The lowest BCUT2D eigenvalue weighted by molar-refractivity contribution is 0.233. The molecular weight excluding hydrogens is 214 g/mol. The number of likely N-dealkylation sites (N-methyl/N-ethyl adjacent to an activating group) is 1. The number of amides is 2. The number of nitrogens with one attached hydrogen (secondary N) is 2. The lowest BCUT2D eigenvalue weighted by Crippen LogP contribution is -2.43. The molecule has 0 atom stereocenters. The zero-order valence-corrected chi connectivity index (χ0v) is 11.0. The Hall–Kier alpha value is -1.03. The Balaban J connectivity index is 2.06. The van der Waals surface area contributed by atoms with E-state index < -0.39 is 0 Å². The van der Waals surface area contributed by atoms with Crippen molar-refractivity contribution in [1.82, 2.24) is 15.5 Å². The van der Waals surface area contributed by atoms with E-state index in [1.54, 1.807) is 0 Å². The first-order valence-electron chi connectivity index (χ1n) is 6.68. The average Bonchev–Trinajstić information content (AvgIpc) is 2.80. The highest BCUT2D eigenvalue weighted by molar-refractivity contribution is 5.74. The predicted molar refractivity (Wildman–Crippen MR) is 71.1 cm³/mol. The van der Waals surface area contributed by atoms with Crippen LogP contribution >= 0.6 is 0 Å². The summed E-state index contributed by atoms with van der Waals surface area (Å²) < 4.78 is 0. The number of hydrogen-bond donors (Lipinski definition) is 2. The molecule has 0 aromatic heterocycles. The van der Waals surface area contributed by atoms with Gasteiger partial charge in [-0.25, -0.2) is 4.79 Å². The molecule has 1 rings (SSSR count). The van der Waals surface area contributed by atoms with Crippen molar-refractivity contribution in [2.24, 2.45) is 0 Å². The third kappa shape index (κ3) is 5.73. The summed E-state index contributed by atoms with van der Waals surface area (Å²) in [6, 6.07) is 0.263. The summed E-state index contributed by atoms with van der Waals surface area (Å²) in [6.07, 6.45) is 7.32. The lowest BCUT2D eigenvalue weighted by atomic mass is 10.2. The van der Waals surface area contributed by atoms with Gasteiger partial charge in [0, 0.05) is 19.1 Å². The van der Waals surface area contributed by atoms with Crippen molar-refractivity contribution < 1.29 is 4.79 Å². The first kappa shape index (κ1) is 14.0. The molecule has 0 bridgehead atoms. The minimum Gasteiger partial charge on any atom is -0.337 e. The molecule has 0 aliphatic heterocycles. The third-order valence-corrected chi connectivity index (χ3v) is 3.04. The summed E-state index contributed by atoms with van der Waals surface area (Å²) in [7, 11) is 0. The smallest absolute Gasteiger partial charge is 0.315 e. The van der Waals surface area contributed by atoms with E-state index in [9.17, 15) is 4.79 Å². The highest BCUT2D eigenvalue weighted by atomic mass is 16.2. The molecule has 0 saturated carbocycles. The predicted octanol–water partition coefficient (Wildman–Crippen LogP) is 1.74. The van der Waals surface area contributed by atoms with Crippen molar-refractivity contribution in [2.45, 2.75) is 39.2 Å². The summed E-state index contributed by atoms with van der Waals surface area (Å²) in [6.45, 7) is 8.13. The molecule has 2 N–H and O–H groups in total. The van der Waals surface area contributed by atoms with E-state index in [2.05, 4.69) is 41.5 Å². The van der Waals surface area contributed by atoms with Crippen molar-refractivity contribution >= 4 is 6.03 Å². The van der Waals surface area contributed by atoms with Gasteiger partial charge >= 0.3 is 6.03 Å². The van der Waals surface area contributed by atoms with E-state index in [1.165, 1.54) is 0 Å². The zero-order chi connectivity index (χ0) is 12.5. The second kappa shape index (κ2) is 8.12. The average molecular weight is 239 g/mol. The van der Waals surface area contributed by atoms with Crippen LogP contribution in [0.2, 0.25) is 0 Å². The molecule has 4 heteroatoms. The largest absolute Gasteiger partial charge is 0.337 e. The molecule has 2 amide bonds. The van der Waals surface area contributed by atoms with Gasteiger partial charge in [0.05, 0.1) is 0 Å². The van der Waals surface area contributed by atoms with E-state index >= 15 is 0 Å². The quantitative estimate of drug-likeness (QED) is 0.665. The van der Waals surface area contributed by atoms with Gasteiger partial charge in [0.1, 0.15) is 0 Å². The van der Waals surface area contributed by atoms with Crippen LogP contribution in [0.5, 0.6) is 0 Å². The second-order valence-corrected chi connectivity index (χ2v) is 4.47. The Labute approximate surface area is 104 Å². The Bertz CT molecular complexity index is 245. The Morgan fingerprint density at radius 3 is 2.59 bits per heavy atom. The van der Waals surface area contributed by atoms with Gasteiger partial charge in [0.25, 0.3) is 0 Å². The van der Waals surface area contributed by atoms with Crippen LogP contribution in [-0.4, -0.2) is 43.2 Å².